The minimum atomic E-state index is -0.705. The Morgan fingerprint density at radius 2 is 2.31 bits per heavy atom. The van der Waals surface area contributed by atoms with Gasteiger partial charge in [0.05, 0.1) is 9.88 Å². The SMILES string of the molecule is CC(N)(CC(N)=O)c1ccc(Cl)s1. The third-order valence-corrected chi connectivity index (χ3v) is 3.19. The number of primary amides is 1. The van der Waals surface area contributed by atoms with Crippen molar-refractivity contribution in [3.8, 4) is 0 Å². The zero-order valence-electron chi connectivity index (χ0n) is 7.21. The van der Waals surface area contributed by atoms with E-state index in [-0.39, 0.29) is 6.42 Å². The Morgan fingerprint density at radius 3 is 2.69 bits per heavy atom. The van der Waals surface area contributed by atoms with Gasteiger partial charge in [-0.05, 0) is 19.1 Å². The number of carbonyl (C=O) groups excluding carboxylic acids is 1. The summed E-state index contributed by atoms with van der Waals surface area (Å²) in [6.45, 7) is 1.76. The van der Waals surface area contributed by atoms with Crippen LogP contribution in [0.4, 0.5) is 0 Å². The van der Waals surface area contributed by atoms with E-state index in [4.69, 9.17) is 23.1 Å². The lowest BCUT2D eigenvalue weighted by Gasteiger charge is -2.20. The standard InChI is InChI=1S/C8H11ClN2OS/c1-8(11,4-7(10)12)5-2-3-6(9)13-5/h2-3H,4,11H2,1H3,(H2,10,12). The number of halogens is 1. The van der Waals surface area contributed by atoms with Crippen molar-refractivity contribution in [1.29, 1.82) is 0 Å². The Balaban J connectivity index is 2.86. The molecular formula is C8H11ClN2OS. The van der Waals surface area contributed by atoms with Crippen molar-refractivity contribution in [3.05, 3.63) is 21.3 Å². The zero-order chi connectivity index (χ0) is 10.1. The summed E-state index contributed by atoms with van der Waals surface area (Å²) in [4.78, 5) is 11.6. The van der Waals surface area contributed by atoms with E-state index in [1.165, 1.54) is 11.3 Å². The molecule has 1 atom stereocenters. The molecule has 1 aromatic rings. The molecule has 0 aliphatic heterocycles. The summed E-state index contributed by atoms with van der Waals surface area (Å²) >= 11 is 7.12. The van der Waals surface area contributed by atoms with Crippen molar-refractivity contribution in [2.75, 3.05) is 0 Å². The molecule has 1 heterocycles. The number of nitrogens with two attached hydrogens (primary N) is 2. The van der Waals surface area contributed by atoms with E-state index in [1.807, 2.05) is 6.07 Å². The number of hydrogen-bond acceptors (Lipinski definition) is 3. The van der Waals surface area contributed by atoms with Crippen LogP contribution in [0.1, 0.15) is 18.2 Å². The Labute approximate surface area is 85.7 Å². The number of hydrogen-bond donors (Lipinski definition) is 2. The molecule has 0 aliphatic carbocycles. The first-order valence-electron chi connectivity index (χ1n) is 3.75. The van der Waals surface area contributed by atoms with Crippen molar-refractivity contribution in [2.24, 2.45) is 11.5 Å². The highest BCUT2D eigenvalue weighted by Gasteiger charge is 2.25. The molecule has 0 radical (unpaired) electrons. The summed E-state index contributed by atoms with van der Waals surface area (Å²) in [5, 5.41) is 0. The maximum atomic E-state index is 10.7. The van der Waals surface area contributed by atoms with Gasteiger partial charge in [0.1, 0.15) is 0 Å². The molecule has 0 spiro atoms. The largest absolute Gasteiger partial charge is 0.370 e. The van der Waals surface area contributed by atoms with E-state index in [9.17, 15) is 4.79 Å². The lowest BCUT2D eigenvalue weighted by atomic mass is 9.97. The first-order valence-corrected chi connectivity index (χ1v) is 4.94. The van der Waals surface area contributed by atoms with E-state index in [0.29, 0.717) is 4.34 Å². The van der Waals surface area contributed by atoms with Crippen molar-refractivity contribution in [3.63, 3.8) is 0 Å². The zero-order valence-corrected chi connectivity index (χ0v) is 8.78. The maximum absolute atomic E-state index is 10.7. The number of thiophene rings is 1. The smallest absolute Gasteiger partial charge is 0.219 e. The highest BCUT2D eigenvalue weighted by atomic mass is 35.5. The fourth-order valence-electron chi connectivity index (χ4n) is 1.07. The first kappa shape index (κ1) is 10.5. The fourth-order valence-corrected chi connectivity index (χ4v) is 2.17. The van der Waals surface area contributed by atoms with E-state index in [0.717, 1.165) is 4.88 Å². The Kier molecular flexibility index (Phi) is 2.95. The van der Waals surface area contributed by atoms with Crippen LogP contribution in [-0.4, -0.2) is 5.91 Å². The quantitative estimate of drug-likeness (QED) is 0.807. The van der Waals surface area contributed by atoms with E-state index < -0.39 is 11.4 Å². The van der Waals surface area contributed by atoms with Crippen LogP contribution in [0, 0.1) is 0 Å². The van der Waals surface area contributed by atoms with E-state index in [2.05, 4.69) is 0 Å². The van der Waals surface area contributed by atoms with Crippen LogP contribution < -0.4 is 11.5 Å². The van der Waals surface area contributed by atoms with Gasteiger partial charge in [0, 0.05) is 11.3 Å². The van der Waals surface area contributed by atoms with Crippen LogP contribution in [0.5, 0.6) is 0 Å². The molecule has 1 rings (SSSR count). The average Bonchev–Trinajstić information content (AvgIpc) is 2.32. The summed E-state index contributed by atoms with van der Waals surface area (Å²) < 4.78 is 0.663. The molecule has 1 aromatic heterocycles. The lowest BCUT2D eigenvalue weighted by Crippen LogP contribution is -2.36. The van der Waals surface area contributed by atoms with Crippen LogP contribution in [0.2, 0.25) is 4.34 Å². The molecule has 0 aromatic carbocycles. The second-order valence-corrected chi connectivity index (χ2v) is 4.88. The predicted octanol–water partition coefficient (Wildman–Crippen LogP) is 1.45. The van der Waals surface area contributed by atoms with Gasteiger partial charge < -0.3 is 11.5 Å². The third-order valence-electron chi connectivity index (χ3n) is 1.68. The monoisotopic (exact) mass is 218 g/mol. The second-order valence-electron chi connectivity index (χ2n) is 3.16. The van der Waals surface area contributed by atoms with Gasteiger partial charge in [0.25, 0.3) is 0 Å². The maximum Gasteiger partial charge on any atom is 0.219 e. The third kappa shape index (κ3) is 2.69. The molecule has 0 bridgehead atoms. The lowest BCUT2D eigenvalue weighted by molar-refractivity contribution is -0.119. The summed E-state index contributed by atoms with van der Waals surface area (Å²) in [6, 6.07) is 3.57. The Bertz CT molecular complexity index is 322. The normalized spacial score (nSPS) is 15.3. The fraction of sp³-hybridized carbons (Fsp3) is 0.375. The van der Waals surface area contributed by atoms with Crippen LogP contribution >= 0.6 is 22.9 Å². The highest BCUT2D eigenvalue weighted by Crippen LogP contribution is 2.31. The highest BCUT2D eigenvalue weighted by molar-refractivity contribution is 7.16. The van der Waals surface area contributed by atoms with Gasteiger partial charge in [-0.1, -0.05) is 11.6 Å². The van der Waals surface area contributed by atoms with Gasteiger partial charge in [-0.25, -0.2) is 0 Å². The number of rotatable bonds is 3. The summed E-state index contributed by atoms with van der Waals surface area (Å²) in [5.74, 6) is -0.408. The molecule has 4 N–H and O–H groups in total. The van der Waals surface area contributed by atoms with Gasteiger partial charge in [0.15, 0.2) is 0 Å². The molecule has 0 saturated carbocycles. The Morgan fingerprint density at radius 1 is 1.69 bits per heavy atom. The number of amides is 1. The van der Waals surface area contributed by atoms with Gasteiger partial charge >= 0.3 is 0 Å². The first-order chi connectivity index (χ1) is 5.92. The van der Waals surface area contributed by atoms with Crippen molar-refractivity contribution in [1.82, 2.24) is 0 Å². The molecule has 1 amide bonds. The minimum absolute atomic E-state index is 0.129. The molecule has 3 nitrogen and oxygen atoms in total. The van der Waals surface area contributed by atoms with Crippen molar-refractivity contribution in [2.45, 2.75) is 18.9 Å². The van der Waals surface area contributed by atoms with Crippen LogP contribution in [0.15, 0.2) is 12.1 Å². The summed E-state index contributed by atoms with van der Waals surface area (Å²) in [6.07, 6.45) is 0.129. The molecule has 5 heteroatoms. The van der Waals surface area contributed by atoms with E-state index >= 15 is 0 Å². The van der Waals surface area contributed by atoms with Crippen molar-refractivity contribution >= 4 is 28.8 Å². The molecule has 13 heavy (non-hydrogen) atoms. The molecule has 0 saturated heterocycles. The molecule has 72 valence electrons. The van der Waals surface area contributed by atoms with Crippen LogP contribution in [-0.2, 0) is 10.3 Å². The topological polar surface area (TPSA) is 69.1 Å². The summed E-state index contributed by atoms with van der Waals surface area (Å²) in [5.41, 5.74) is 10.3. The van der Waals surface area contributed by atoms with Gasteiger partial charge in [-0.3, -0.25) is 4.79 Å². The molecule has 0 aliphatic rings. The molecule has 1 unspecified atom stereocenters. The van der Waals surface area contributed by atoms with Crippen LogP contribution in [0.3, 0.4) is 0 Å². The molecule has 0 fully saturated rings. The Hall–Kier alpha value is -0.580. The van der Waals surface area contributed by atoms with Crippen molar-refractivity contribution < 1.29 is 4.79 Å². The second kappa shape index (κ2) is 3.65. The van der Waals surface area contributed by atoms with Gasteiger partial charge in [-0.2, -0.15) is 0 Å². The minimum Gasteiger partial charge on any atom is -0.370 e. The average molecular weight is 219 g/mol. The predicted molar refractivity (Wildman–Crippen MR) is 54.7 cm³/mol. The van der Waals surface area contributed by atoms with Crippen LogP contribution in [0.25, 0.3) is 0 Å². The number of carbonyl (C=O) groups is 1. The van der Waals surface area contributed by atoms with Gasteiger partial charge in [0.2, 0.25) is 5.91 Å². The summed E-state index contributed by atoms with van der Waals surface area (Å²) in [7, 11) is 0. The van der Waals surface area contributed by atoms with E-state index in [1.54, 1.807) is 13.0 Å². The van der Waals surface area contributed by atoms with Gasteiger partial charge in [-0.15, -0.1) is 11.3 Å². The molecular weight excluding hydrogens is 208 g/mol.